The Morgan fingerprint density at radius 2 is 1.85 bits per heavy atom. The minimum Gasteiger partial charge on any atom is -0.356 e. The molecular formula is C24H28Cl3F4N7O. The Kier molecular flexibility index (Phi) is 10.9. The van der Waals surface area contributed by atoms with Gasteiger partial charge in [0, 0.05) is 49.4 Å². The molecule has 5 rings (SSSR count). The molecule has 1 fully saturated rings. The van der Waals surface area contributed by atoms with Gasteiger partial charge in [-0.25, -0.2) is 19.3 Å². The number of hydrogen-bond donors (Lipinski definition) is 2. The average molecular weight is 613 g/mol. The van der Waals surface area contributed by atoms with Crippen LogP contribution < -0.4 is 15.5 Å². The highest BCUT2D eigenvalue weighted by Crippen LogP contribution is 2.37. The maximum atomic E-state index is 13.8. The van der Waals surface area contributed by atoms with Crippen molar-refractivity contribution < 1.29 is 22.4 Å². The maximum absolute atomic E-state index is 13.8. The van der Waals surface area contributed by atoms with E-state index in [0.717, 1.165) is 42.2 Å². The van der Waals surface area contributed by atoms with E-state index >= 15 is 0 Å². The number of carbonyl (C=O) groups excluding carboxylic acids is 1. The van der Waals surface area contributed by atoms with Crippen molar-refractivity contribution in [2.75, 3.05) is 36.9 Å². The molecule has 3 aromatic rings. The lowest BCUT2D eigenvalue weighted by Crippen LogP contribution is -2.35. The Morgan fingerprint density at radius 1 is 1.13 bits per heavy atom. The van der Waals surface area contributed by atoms with Crippen LogP contribution in [0.15, 0.2) is 30.7 Å². The first-order valence-corrected chi connectivity index (χ1v) is 11.7. The lowest BCUT2D eigenvalue weighted by Gasteiger charge is -2.33. The van der Waals surface area contributed by atoms with Crippen molar-refractivity contribution in [3.8, 4) is 11.3 Å². The second-order valence-corrected chi connectivity index (χ2v) is 8.98. The molecule has 1 aromatic carbocycles. The Morgan fingerprint density at radius 3 is 2.51 bits per heavy atom. The number of rotatable bonds is 6. The molecule has 15 heteroatoms. The van der Waals surface area contributed by atoms with Crippen LogP contribution in [0.2, 0.25) is 0 Å². The summed E-state index contributed by atoms with van der Waals surface area (Å²) in [4.78, 5) is 27.2. The second kappa shape index (κ2) is 13.1. The SMILES string of the molecule is CNCCn1cc(-c2ccc(F)c(C(F)(F)F)c2)nc1C1CCN(c2ncnc3c2CC(=O)N3)CC1.Cl.Cl.Cl. The van der Waals surface area contributed by atoms with Crippen molar-refractivity contribution in [1.29, 1.82) is 0 Å². The predicted octanol–water partition coefficient (Wildman–Crippen LogP) is 4.86. The summed E-state index contributed by atoms with van der Waals surface area (Å²) in [7, 11) is 1.82. The van der Waals surface area contributed by atoms with Gasteiger partial charge in [-0.2, -0.15) is 13.2 Å². The molecule has 1 amide bonds. The molecule has 2 aromatic heterocycles. The number of hydrogen-bond acceptors (Lipinski definition) is 6. The summed E-state index contributed by atoms with van der Waals surface area (Å²) in [5.41, 5.74) is 0.104. The Labute approximate surface area is 241 Å². The molecule has 4 heterocycles. The first-order valence-electron chi connectivity index (χ1n) is 11.7. The number of imidazole rings is 1. The summed E-state index contributed by atoms with van der Waals surface area (Å²) in [5.74, 6) is 0.780. The Balaban J connectivity index is 0.00000178. The molecule has 8 nitrogen and oxygen atoms in total. The van der Waals surface area contributed by atoms with Gasteiger partial charge in [-0.05, 0) is 38.1 Å². The normalized spacial score (nSPS) is 15.1. The minimum absolute atomic E-state index is 0. The van der Waals surface area contributed by atoms with Crippen LogP contribution in [0.4, 0.5) is 29.2 Å². The number of anilines is 2. The van der Waals surface area contributed by atoms with E-state index in [-0.39, 0.29) is 61.0 Å². The fourth-order valence-corrected chi connectivity index (χ4v) is 4.84. The van der Waals surface area contributed by atoms with E-state index in [1.165, 1.54) is 12.4 Å². The van der Waals surface area contributed by atoms with Crippen molar-refractivity contribution >= 4 is 54.8 Å². The van der Waals surface area contributed by atoms with Crippen molar-refractivity contribution in [3.63, 3.8) is 0 Å². The number of alkyl halides is 3. The summed E-state index contributed by atoms with van der Waals surface area (Å²) < 4.78 is 55.6. The molecule has 2 aliphatic rings. The highest BCUT2D eigenvalue weighted by atomic mass is 35.5. The summed E-state index contributed by atoms with van der Waals surface area (Å²) in [6.07, 6.45) is 0.162. The number of nitrogens with zero attached hydrogens (tertiary/aromatic N) is 5. The first kappa shape index (κ1) is 32.5. The summed E-state index contributed by atoms with van der Waals surface area (Å²) in [5, 5.41) is 5.83. The zero-order chi connectivity index (χ0) is 25.4. The third-order valence-corrected chi connectivity index (χ3v) is 6.66. The quantitative estimate of drug-likeness (QED) is 0.387. The van der Waals surface area contributed by atoms with Crippen LogP contribution in [-0.4, -0.2) is 52.1 Å². The van der Waals surface area contributed by atoms with Gasteiger partial charge in [0.1, 0.15) is 29.6 Å². The van der Waals surface area contributed by atoms with Gasteiger partial charge in [0.25, 0.3) is 0 Å². The van der Waals surface area contributed by atoms with E-state index in [1.54, 1.807) is 6.20 Å². The van der Waals surface area contributed by atoms with Crippen molar-refractivity contribution in [1.82, 2.24) is 24.8 Å². The van der Waals surface area contributed by atoms with Crippen LogP contribution in [0, 0.1) is 5.82 Å². The first-order chi connectivity index (χ1) is 17.2. The third kappa shape index (κ3) is 6.74. The zero-order valence-corrected chi connectivity index (χ0v) is 23.2. The van der Waals surface area contributed by atoms with Gasteiger partial charge in [0.05, 0.1) is 17.7 Å². The molecule has 1 saturated heterocycles. The van der Waals surface area contributed by atoms with Gasteiger partial charge in [-0.1, -0.05) is 0 Å². The lowest BCUT2D eigenvalue weighted by molar-refractivity contribution is -0.140. The fourth-order valence-electron chi connectivity index (χ4n) is 4.84. The van der Waals surface area contributed by atoms with E-state index in [0.29, 0.717) is 37.7 Å². The van der Waals surface area contributed by atoms with Gasteiger partial charge >= 0.3 is 6.18 Å². The van der Waals surface area contributed by atoms with Crippen LogP contribution in [0.25, 0.3) is 11.3 Å². The Hall–Kier alpha value is -2.67. The van der Waals surface area contributed by atoms with Crippen molar-refractivity contribution in [3.05, 3.63) is 53.5 Å². The molecule has 214 valence electrons. The molecule has 2 N–H and O–H groups in total. The molecule has 0 atom stereocenters. The number of nitrogens with one attached hydrogen (secondary N) is 2. The largest absolute Gasteiger partial charge is 0.419 e. The number of aromatic nitrogens is 4. The molecule has 2 aliphatic heterocycles. The summed E-state index contributed by atoms with van der Waals surface area (Å²) >= 11 is 0. The number of piperidine rings is 1. The third-order valence-electron chi connectivity index (χ3n) is 6.66. The summed E-state index contributed by atoms with van der Waals surface area (Å²) in [6.45, 7) is 2.63. The Bertz CT molecular complexity index is 1300. The van der Waals surface area contributed by atoms with Crippen LogP contribution in [0.5, 0.6) is 0 Å². The van der Waals surface area contributed by atoms with Crippen molar-refractivity contribution in [2.24, 2.45) is 0 Å². The number of fused-ring (bicyclic) bond motifs is 1. The molecule has 0 unspecified atom stereocenters. The minimum atomic E-state index is -4.79. The second-order valence-electron chi connectivity index (χ2n) is 8.98. The number of amides is 1. The lowest BCUT2D eigenvalue weighted by atomic mass is 9.95. The molecule has 0 aliphatic carbocycles. The number of likely N-dealkylation sites (N-methyl/N-ethyl adjacent to an activating group) is 1. The van der Waals surface area contributed by atoms with Crippen LogP contribution in [0.1, 0.15) is 35.7 Å². The standard InChI is InChI=1S/C24H25F4N7O.3ClH/c1-29-6-9-35-12-19(15-2-3-18(25)17(10-15)24(26,27)28)32-22(35)14-4-7-34(8-5-14)23-16-11-20(36)33-21(16)30-13-31-23;;;/h2-3,10,12-14,29H,4-9,11H2,1H3,(H,30,31,33,36);3*1H. The van der Waals surface area contributed by atoms with Gasteiger partial charge < -0.3 is 20.1 Å². The van der Waals surface area contributed by atoms with E-state index in [4.69, 9.17) is 4.98 Å². The van der Waals surface area contributed by atoms with Gasteiger partial charge in [0.15, 0.2) is 0 Å². The van der Waals surface area contributed by atoms with Crippen LogP contribution in [0.3, 0.4) is 0 Å². The van der Waals surface area contributed by atoms with Crippen LogP contribution in [-0.2, 0) is 23.9 Å². The monoisotopic (exact) mass is 611 g/mol. The highest BCUT2D eigenvalue weighted by molar-refractivity contribution is 5.99. The highest BCUT2D eigenvalue weighted by Gasteiger charge is 2.35. The number of halogens is 7. The van der Waals surface area contributed by atoms with Crippen LogP contribution >= 0.6 is 37.2 Å². The van der Waals surface area contributed by atoms with Gasteiger partial charge in [-0.15, -0.1) is 37.2 Å². The maximum Gasteiger partial charge on any atom is 0.419 e. The smallest absolute Gasteiger partial charge is 0.356 e. The molecule has 39 heavy (non-hydrogen) atoms. The number of carbonyl (C=O) groups is 1. The topological polar surface area (TPSA) is 88.0 Å². The summed E-state index contributed by atoms with van der Waals surface area (Å²) in [6, 6.07) is 2.98. The molecule has 0 saturated carbocycles. The average Bonchev–Trinajstić information content (AvgIpc) is 3.45. The van der Waals surface area contributed by atoms with E-state index in [2.05, 4.69) is 25.5 Å². The molecule has 0 radical (unpaired) electrons. The number of benzene rings is 1. The van der Waals surface area contributed by atoms with E-state index in [9.17, 15) is 22.4 Å². The van der Waals surface area contributed by atoms with Gasteiger partial charge in [0.2, 0.25) is 5.91 Å². The van der Waals surface area contributed by atoms with E-state index in [1.807, 2.05) is 11.6 Å². The predicted molar refractivity (Wildman–Crippen MR) is 147 cm³/mol. The molecule has 0 bridgehead atoms. The molecule has 0 spiro atoms. The fraction of sp³-hybridized carbons (Fsp3) is 0.417. The molecular weight excluding hydrogens is 585 g/mol. The van der Waals surface area contributed by atoms with Crippen molar-refractivity contribution in [2.45, 2.75) is 37.9 Å². The van der Waals surface area contributed by atoms with E-state index < -0.39 is 17.6 Å². The van der Waals surface area contributed by atoms with Gasteiger partial charge in [-0.3, -0.25) is 4.79 Å². The zero-order valence-electron chi connectivity index (χ0n) is 20.8.